The second-order valence-corrected chi connectivity index (χ2v) is 3.30. The summed E-state index contributed by atoms with van der Waals surface area (Å²) in [7, 11) is 1.28. The van der Waals surface area contributed by atoms with E-state index in [1.54, 1.807) is 24.3 Å². The number of benzene rings is 1. The lowest BCUT2D eigenvalue weighted by Gasteiger charge is -2.00. The van der Waals surface area contributed by atoms with Crippen LogP contribution in [0.25, 0.3) is 10.9 Å². The van der Waals surface area contributed by atoms with Gasteiger partial charge < -0.3 is 4.74 Å². The van der Waals surface area contributed by atoms with Crippen molar-refractivity contribution >= 4 is 16.9 Å². The van der Waals surface area contributed by atoms with Gasteiger partial charge in [-0.15, -0.1) is 0 Å². The standard InChI is InChI=1S/C11H10N2O3/c1-16-10(14)6-9-11(15)7-4-2-3-5-8(7)12-13-9/h2-5H,6H2,1H3,(H,12,15). The predicted molar refractivity (Wildman–Crippen MR) is 58.1 cm³/mol. The minimum Gasteiger partial charge on any atom is -0.469 e. The number of aromatic amines is 1. The molecule has 2 aromatic rings. The molecule has 0 aliphatic heterocycles. The Labute approximate surface area is 91.1 Å². The number of fused-ring (bicyclic) bond motifs is 1. The number of aromatic nitrogens is 2. The third-order valence-corrected chi connectivity index (χ3v) is 2.28. The lowest BCUT2D eigenvalue weighted by atomic mass is 10.2. The minimum absolute atomic E-state index is 0.114. The van der Waals surface area contributed by atoms with Gasteiger partial charge in [-0.25, -0.2) is 0 Å². The molecule has 1 aromatic heterocycles. The van der Waals surface area contributed by atoms with Gasteiger partial charge in [0.2, 0.25) is 5.43 Å². The lowest BCUT2D eigenvalue weighted by molar-refractivity contribution is -0.139. The molecule has 0 atom stereocenters. The van der Waals surface area contributed by atoms with Gasteiger partial charge in [-0.05, 0) is 12.1 Å². The fourth-order valence-electron chi connectivity index (χ4n) is 1.44. The first-order valence-electron chi connectivity index (χ1n) is 4.75. The van der Waals surface area contributed by atoms with E-state index in [1.165, 1.54) is 7.11 Å². The highest BCUT2D eigenvalue weighted by atomic mass is 16.5. The van der Waals surface area contributed by atoms with Crippen molar-refractivity contribution in [3.8, 4) is 0 Å². The zero-order valence-electron chi connectivity index (χ0n) is 8.69. The van der Waals surface area contributed by atoms with Gasteiger partial charge in [-0.3, -0.25) is 14.7 Å². The first kappa shape index (κ1) is 10.4. The predicted octanol–water partition coefficient (Wildman–Crippen LogP) is 0.639. The van der Waals surface area contributed by atoms with E-state index in [-0.39, 0.29) is 17.5 Å². The topological polar surface area (TPSA) is 72.0 Å². The average Bonchev–Trinajstić information content (AvgIpc) is 2.33. The number of nitrogens with zero attached hydrogens (tertiary/aromatic N) is 1. The Balaban J connectivity index is 2.53. The molecule has 0 radical (unpaired) electrons. The van der Waals surface area contributed by atoms with Crippen LogP contribution in [0, 0.1) is 0 Å². The molecule has 0 aliphatic rings. The molecule has 0 amide bonds. The van der Waals surface area contributed by atoms with E-state index >= 15 is 0 Å². The number of carbonyl (C=O) groups excluding carboxylic acids is 1. The quantitative estimate of drug-likeness (QED) is 0.751. The number of H-pyrrole nitrogens is 1. The molecule has 2 rings (SSSR count). The fourth-order valence-corrected chi connectivity index (χ4v) is 1.44. The highest BCUT2D eigenvalue weighted by molar-refractivity contribution is 5.79. The Kier molecular flexibility index (Phi) is 2.68. The first-order chi connectivity index (χ1) is 7.72. The smallest absolute Gasteiger partial charge is 0.311 e. The molecule has 5 heteroatoms. The molecule has 0 spiro atoms. The second-order valence-electron chi connectivity index (χ2n) is 3.30. The number of rotatable bonds is 2. The van der Waals surface area contributed by atoms with Crippen LogP contribution < -0.4 is 5.43 Å². The third-order valence-electron chi connectivity index (χ3n) is 2.28. The second kappa shape index (κ2) is 4.14. The van der Waals surface area contributed by atoms with Crippen LogP contribution in [0.3, 0.4) is 0 Å². The van der Waals surface area contributed by atoms with E-state index < -0.39 is 5.97 Å². The molecule has 0 fully saturated rings. The van der Waals surface area contributed by atoms with Crippen molar-refractivity contribution in [1.29, 1.82) is 0 Å². The number of para-hydroxylation sites is 1. The summed E-state index contributed by atoms with van der Waals surface area (Å²) < 4.78 is 4.49. The summed E-state index contributed by atoms with van der Waals surface area (Å²) in [5.41, 5.74) is 0.589. The highest BCUT2D eigenvalue weighted by Gasteiger charge is 2.10. The summed E-state index contributed by atoms with van der Waals surface area (Å²) in [6, 6.07) is 7.02. The first-order valence-corrected chi connectivity index (χ1v) is 4.75. The van der Waals surface area contributed by atoms with Gasteiger partial charge in [0.25, 0.3) is 0 Å². The third kappa shape index (κ3) is 1.79. The van der Waals surface area contributed by atoms with Crippen LogP contribution in [0.2, 0.25) is 0 Å². The van der Waals surface area contributed by atoms with E-state index in [1.807, 2.05) is 0 Å². The Morgan fingerprint density at radius 1 is 1.44 bits per heavy atom. The van der Waals surface area contributed by atoms with Crippen molar-refractivity contribution in [3.63, 3.8) is 0 Å². The summed E-state index contributed by atoms with van der Waals surface area (Å²) in [5.74, 6) is -0.478. The van der Waals surface area contributed by atoms with Gasteiger partial charge in [0.15, 0.2) is 0 Å². The van der Waals surface area contributed by atoms with Gasteiger partial charge in [0.1, 0.15) is 5.69 Å². The van der Waals surface area contributed by atoms with Crippen molar-refractivity contribution in [2.75, 3.05) is 7.11 Å². The van der Waals surface area contributed by atoms with Gasteiger partial charge >= 0.3 is 5.97 Å². The summed E-state index contributed by atoms with van der Waals surface area (Å²) >= 11 is 0. The number of nitrogens with one attached hydrogen (secondary N) is 1. The highest BCUT2D eigenvalue weighted by Crippen LogP contribution is 2.05. The molecular formula is C11H10N2O3. The van der Waals surface area contributed by atoms with E-state index in [0.29, 0.717) is 10.9 Å². The van der Waals surface area contributed by atoms with E-state index in [4.69, 9.17) is 0 Å². The minimum atomic E-state index is -0.478. The van der Waals surface area contributed by atoms with Gasteiger partial charge in [-0.2, -0.15) is 5.10 Å². The number of carbonyl (C=O) groups is 1. The molecule has 0 saturated carbocycles. The van der Waals surface area contributed by atoms with Crippen LogP contribution in [-0.4, -0.2) is 23.3 Å². The molecule has 16 heavy (non-hydrogen) atoms. The zero-order chi connectivity index (χ0) is 11.5. The fraction of sp³-hybridized carbons (Fsp3) is 0.182. The Hall–Kier alpha value is -2.17. The molecule has 0 aliphatic carbocycles. The number of hydrogen-bond donors (Lipinski definition) is 1. The van der Waals surface area contributed by atoms with Crippen LogP contribution in [0.15, 0.2) is 29.1 Å². The maximum absolute atomic E-state index is 11.9. The molecule has 1 N–H and O–H groups in total. The SMILES string of the molecule is COC(=O)Cc1n[nH]c2ccccc2c1=O. The number of hydrogen-bond acceptors (Lipinski definition) is 4. The summed E-state index contributed by atoms with van der Waals surface area (Å²) in [6.07, 6.45) is -0.114. The lowest BCUT2D eigenvalue weighted by Crippen LogP contribution is -2.18. The van der Waals surface area contributed by atoms with Crippen LogP contribution in [0.5, 0.6) is 0 Å². The molecule has 5 nitrogen and oxygen atoms in total. The molecule has 0 unspecified atom stereocenters. The molecule has 82 valence electrons. The monoisotopic (exact) mass is 218 g/mol. The Morgan fingerprint density at radius 2 is 2.19 bits per heavy atom. The molecule has 0 bridgehead atoms. The Morgan fingerprint density at radius 3 is 2.94 bits per heavy atom. The van der Waals surface area contributed by atoms with Crippen LogP contribution in [0.4, 0.5) is 0 Å². The summed E-state index contributed by atoms with van der Waals surface area (Å²) in [4.78, 5) is 22.9. The zero-order valence-corrected chi connectivity index (χ0v) is 8.69. The van der Waals surface area contributed by atoms with Crippen LogP contribution in [0.1, 0.15) is 5.69 Å². The number of esters is 1. The summed E-state index contributed by atoms with van der Waals surface area (Å²) in [5, 5.41) is 7.11. The van der Waals surface area contributed by atoms with Gasteiger partial charge in [-0.1, -0.05) is 12.1 Å². The largest absolute Gasteiger partial charge is 0.469 e. The summed E-state index contributed by atoms with van der Waals surface area (Å²) in [6.45, 7) is 0. The van der Waals surface area contributed by atoms with Gasteiger partial charge in [0.05, 0.1) is 19.0 Å². The average molecular weight is 218 g/mol. The Bertz CT molecular complexity index is 589. The maximum Gasteiger partial charge on any atom is 0.311 e. The van der Waals surface area contributed by atoms with Crippen molar-refractivity contribution in [3.05, 3.63) is 40.2 Å². The van der Waals surface area contributed by atoms with E-state index in [9.17, 15) is 9.59 Å². The van der Waals surface area contributed by atoms with Crippen molar-refractivity contribution in [2.24, 2.45) is 0 Å². The van der Waals surface area contributed by atoms with Crippen LogP contribution in [-0.2, 0) is 16.0 Å². The van der Waals surface area contributed by atoms with Crippen molar-refractivity contribution in [2.45, 2.75) is 6.42 Å². The van der Waals surface area contributed by atoms with Crippen LogP contribution >= 0.6 is 0 Å². The van der Waals surface area contributed by atoms with Gasteiger partial charge in [0, 0.05) is 5.39 Å². The molecule has 0 saturated heterocycles. The molecular weight excluding hydrogens is 208 g/mol. The van der Waals surface area contributed by atoms with Crippen molar-refractivity contribution in [1.82, 2.24) is 10.2 Å². The number of methoxy groups -OCH3 is 1. The molecule has 1 heterocycles. The molecule has 1 aromatic carbocycles. The maximum atomic E-state index is 11.9. The number of ether oxygens (including phenoxy) is 1. The normalized spacial score (nSPS) is 10.3. The van der Waals surface area contributed by atoms with Crippen molar-refractivity contribution < 1.29 is 9.53 Å². The van der Waals surface area contributed by atoms with E-state index in [2.05, 4.69) is 14.9 Å². The van der Waals surface area contributed by atoms with E-state index in [0.717, 1.165) is 0 Å².